The summed E-state index contributed by atoms with van der Waals surface area (Å²) in [6, 6.07) is 34.6. The van der Waals surface area contributed by atoms with Gasteiger partial charge in [-0.1, -0.05) is 59.7 Å². The highest BCUT2D eigenvalue weighted by Gasteiger charge is 2.23. The molecule has 4 heteroatoms. The maximum Gasteiger partial charge on any atom is 0.0877 e. The number of para-hydroxylation sites is 2. The van der Waals surface area contributed by atoms with Gasteiger partial charge in [0.15, 0.2) is 0 Å². The van der Waals surface area contributed by atoms with Gasteiger partial charge in [0.1, 0.15) is 0 Å². The molecule has 0 spiro atoms. The quantitative estimate of drug-likeness (QED) is 0.241. The molecule has 0 radical (unpaired) electrons. The number of aliphatic imine (C=N–C) groups is 2. The van der Waals surface area contributed by atoms with E-state index < -0.39 is 0 Å². The van der Waals surface area contributed by atoms with Crippen molar-refractivity contribution in [2.24, 2.45) is 9.98 Å². The highest BCUT2D eigenvalue weighted by Crippen LogP contribution is 2.36. The van der Waals surface area contributed by atoms with Gasteiger partial charge in [-0.3, -0.25) is 9.98 Å². The van der Waals surface area contributed by atoms with Gasteiger partial charge in [0.25, 0.3) is 0 Å². The van der Waals surface area contributed by atoms with Gasteiger partial charge in [-0.15, -0.1) is 0 Å². The monoisotopic (exact) mass is 502 g/mol. The fourth-order valence-electron chi connectivity index (χ4n) is 6.04. The van der Waals surface area contributed by atoms with Crippen LogP contribution in [0.4, 0.5) is 11.4 Å². The molecule has 4 nitrogen and oxygen atoms in total. The second kappa shape index (κ2) is 8.34. The smallest absolute Gasteiger partial charge is 0.0877 e. The zero-order valence-corrected chi connectivity index (χ0v) is 21.9. The Morgan fingerprint density at radius 3 is 1.54 bits per heavy atom. The Morgan fingerprint density at radius 1 is 0.564 bits per heavy atom. The number of rotatable bonds is 3. The van der Waals surface area contributed by atoms with Crippen LogP contribution >= 0.6 is 0 Å². The van der Waals surface area contributed by atoms with E-state index >= 15 is 0 Å². The van der Waals surface area contributed by atoms with E-state index in [1.54, 1.807) is 0 Å². The Morgan fingerprint density at radius 2 is 1.05 bits per heavy atom. The van der Waals surface area contributed by atoms with Gasteiger partial charge in [-0.2, -0.15) is 0 Å². The molecule has 0 unspecified atom stereocenters. The molecule has 8 rings (SSSR count). The predicted octanol–water partition coefficient (Wildman–Crippen LogP) is 8.15. The van der Waals surface area contributed by atoms with Gasteiger partial charge in [0.05, 0.1) is 50.9 Å². The maximum absolute atomic E-state index is 5.19. The fourth-order valence-corrected chi connectivity index (χ4v) is 6.04. The van der Waals surface area contributed by atoms with Gasteiger partial charge in [0.2, 0.25) is 0 Å². The van der Waals surface area contributed by atoms with E-state index in [1.165, 1.54) is 44.1 Å². The normalized spacial score (nSPS) is 14.0. The molecule has 2 aliphatic heterocycles. The van der Waals surface area contributed by atoms with Crippen LogP contribution in [0.15, 0.2) is 107 Å². The van der Waals surface area contributed by atoms with Crippen molar-refractivity contribution in [2.75, 3.05) is 0 Å². The summed E-state index contributed by atoms with van der Waals surface area (Å²) in [5, 5.41) is 2.54. The lowest BCUT2D eigenvalue weighted by Gasteiger charge is -2.13. The molecule has 2 aromatic heterocycles. The van der Waals surface area contributed by atoms with E-state index in [9.17, 15) is 0 Å². The van der Waals surface area contributed by atoms with Gasteiger partial charge < -0.3 is 4.57 Å². The minimum atomic E-state index is 0.782. The van der Waals surface area contributed by atoms with Crippen LogP contribution in [-0.4, -0.2) is 21.0 Å². The van der Waals surface area contributed by atoms with Crippen LogP contribution in [0, 0.1) is 13.8 Å². The molecule has 2 aliphatic rings. The first-order valence-electron chi connectivity index (χ1n) is 13.5. The molecule has 4 aromatic carbocycles. The van der Waals surface area contributed by atoms with Crippen LogP contribution < -0.4 is 0 Å². The lowest BCUT2D eigenvalue weighted by molar-refractivity contribution is 1.13. The molecule has 39 heavy (non-hydrogen) atoms. The lowest BCUT2D eigenvalue weighted by atomic mass is 10.0. The van der Waals surface area contributed by atoms with E-state index in [0.29, 0.717) is 0 Å². The van der Waals surface area contributed by atoms with E-state index in [-0.39, 0.29) is 0 Å². The molecule has 6 aromatic rings. The SMILES string of the molecule is Cc1ccc2c(c1)c1cc(C)ccc1n2-c1cc(C2=Nc3ccccc3C2)nc(C2=Nc3ccccc3C2)c1. The van der Waals surface area contributed by atoms with Crippen LogP contribution in [0.25, 0.3) is 27.5 Å². The van der Waals surface area contributed by atoms with E-state index in [1.807, 2.05) is 12.1 Å². The van der Waals surface area contributed by atoms with Crippen LogP contribution in [0.1, 0.15) is 33.6 Å². The van der Waals surface area contributed by atoms with Crippen molar-refractivity contribution in [3.8, 4) is 5.69 Å². The fraction of sp³-hybridized carbons (Fsp3) is 0.114. The van der Waals surface area contributed by atoms with E-state index in [2.05, 4.69) is 103 Å². The number of aromatic nitrogens is 2. The molecule has 0 fully saturated rings. The highest BCUT2D eigenvalue weighted by atomic mass is 15.0. The second-order valence-corrected chi connectivity index (χ2v) is 10.7. The first-order chi connectivity index (χ1) is 19.1. The van der Waals surface area contributed by atoms with Gasteiger partial charge >= 0.3 is 0 Å². The topological polar surface area (TPSA) is 42.5 Å². The summed E-state index contributed by atoms with van der Waals surface area (Å²) in [4.78, 5) is 15.2. The van der Waals surface area contributed by atoms with E-state index in [4.69, 9.17) is 15.0 Å². The van der Waals surface area contributed by atoms with Gasteiger partial charge in [0, 0.05) is 23.6 Å². The van der Waals surface area contributed by atoms with Crippen LogP contribution in [0.3, 0.4) is 0 Å². The van der Waals surface area contributed by atoms with Crippen molar-refractivity contribution in [3.63, 3.8) is 0 Å². The van der Waals surface area contributed by atoms with Crippen LogP contribution in [0.5, 0.6) is 0 Å². The standard InChI is InChI=1S/C35H26N4/c1-21-11-13-34-26(15-21)27-16-22(2)12-14-35(27)39(34)25-19-32(30-17-23-7-3-5-9-28(23)36-30)38-33(20-25)31-18-24-8-4-6-10-29(24)37-31/h3-16,19-20H,17-18H2,1-2H3. The summed E-state index contributed by atoms with van der Waals surface area (Å²) in [5.41, 5.74) is 14.4. The molecular weight excluding hydrogens is 476 g/mol. The molecule has 0 amide bonds. The van der Waals surface area contributed by atoms with Crippen LogP contribution in [0.2, 0.25) is 0 Å². The molecule has 0 saturated carbocycles. The number of hydrogen-bond donors (Lipinski definition) is 0. The average Bonchev–Trinajstić information content (AvgIpc) is 3.66. The molecule has 0 bridgehead atoms. The number of hydrogen-bond acceptors (Lipinski definition) is 3. The van der Waals surface area contributed by atoms with Gasteiger partial charge in [-0.05, 0) is 73.5 Å². The summed E-state index contributed by atoms with van der Waals surface area (Å²) in [6.07, 6.45) is 1.56. The Labute approximate surface area is 227 Å². The summed E-state index contributed by atoms with van der Waals surface area (Å²) in [6.45, 7) is 4.32. The summed E-state index contributed by atoms with van der Waals surface area (Å²) in [5.74, 6) is 0. The van der Waals surface area contributed by atoms with Crippen molar-refractivity contribution >= 4 is 44.6 Å². The Kier molecular flexibility index (Phi) is 4.74. The first-order valence-corrected chi connectivity index (χ1v) is 13.5. The zero-order chi connectivity index (χ0) is 26.1. The predicted molar refractivity (Wildman–Crippen MR) is 161 cm³/mol. The van der Waals surface area contributed by atoms with Crippen molar-refractivity contribution in [1.29, 1.82) is 0 Å². The third kappa shape index (κ3) is 3.56. The van der Waals surface area contributed by atoms with Crippen molar-refractivity contribution in [3.05, 3.63) is 131 Å². The van der Waals surface area contributed by atoms with Crippen molar-refractivity contribution in [1.82, 2.24) is 9.55 Å². The van der Waals surface area contributed by atoms with E-state index in [0.717, 1.165) is 52.7 Å². The minimum Gasteiger partial charge on any atom is -0.309 e. The molecular formula is C35H26N4. The minimum absolute atomic E-state index is 0.782. The second-order valence-electron chi connectivity index (χ2n) is 10.7. The molecule has 0 N–H and O–H groups in total. The summed E-state index contributed by atoms with van der Waals surface area (Å²) in [7, 11) is 0. The van der Waals surface area contributed by atoms with Crippen molar-refractivity contribution < 1.29 is 0 Å². The lowest BCUT2D eigenvalue weighted by Crippen LogP contribution is -2.12. The van der Waals surface area contributed by atoms with Crippen LogP contribution in [-0.2, 0) is 12.8 Å². The largest absolute Gasteiger partial charge is 0.309 e. The third-order valence-electron chi connectivity index (χ3n) is 7.95. The molecule has 4 heterocycles. The zero-order valence-electron chi connectivity index (χ0n) is 21.9. The summed E-state index contributed by atoms with van der Waals surface area (Å²) >= 11 is 0. The molecule has 186 valence electrons. The average molecular weight is 503 g/mol. The number of nitrogens with zero attached hydrogens (tertiary/aromatic N) is 4. The molecule has 0 aliphatic carbocycles. The maximum atomic E-state index is 5.19. The first kappa shape index (κ1) is 22.2. The Balaban J connectivity index is 1.38. The molecule has 0 atom stereocenters. The molecule has 0 saturated heterocycles. The number of aryl methyl sites for hydroxylation is 2. The number of pyridine rings is 1. The number of benzene rings is 4. The highest BCUT2D eigenvalue weighted by molar-refractivity contribution is 6.12. The Hall–Kier alpha value is -4.83. The van der Waals surface area contributed by atoms with Gasteiger partial charge in [-0.25, -0.2) is 4.98 Å². The number of fused-ring (bicyclic) bond motifs is 5. The summed E-state index contributed by atoms with van der Waals surface area (Å²) < 4.78 is 2.38. The Bertz CT molecular complexity index is 1900. The third-order valence-corrected chi connectivity index (χ3v) is 7.95. The van der Waals surface area contributed by atoms with Crippen molar-refractivity contribution in [2.45, 2.75) is 26.7 Å².